The second-order valence-electron chi connectivity index (χ2n) is 5.06. The van der Waals surface area contributed by atoms with E-state index in [1.54, 1.807) is 0 Å². The Morgan fingerprint density at radius 1 is 1.50 bits per heavy atom. The van der Waals surface area contributed by atoms with Crippen molar-refractivity contribution in [3.63, 3.8) is 0 Å². The Balaban J connectivity index is 2.26. The Hall–Kier alpha value is -1.36. The van der Waals surface area contributed by atoms with E-state index in [4.69, 9.17) is 5.73 Å². The third kappa shape index (κ3) is 2.41. The van der Waals surface area contributed by atoms with E-state index in [0.29, 0.717) is 11.7 Å². The average molecular weight is 250 g/mol. The SMILES string of the molecule is CCc1nc(N)c(C)c(N2CCC(C(C)O)C2)n1. The fourth-order valence-electron chi connectivity index (χ4n) is 2.41. The normalized spacial score (nSPS) is 21.3. The first-order valence-corrected chi connectivity index (χ1v) is 6.59. The van der Waals surface area contributed by atoms with Crippen molar-refractivity contribution in [2.24, 2.45) is 5.92 Å². The molecule has 2 atom stereocenters. The first-order chi connectivity index (χ1) is 8.52. The van der Waals surface area contributed by atoms with Crippen molar-refractivity contribution in [1.82, 2.24) is 9.97 Å². The minimum Gasteiger partial charge on any atom is -0.393 e. The molecule has 1 aromatic heterocycles. The smallest absolute Gasteiger partial charge is 0.137 e. The summed E-state index contributed by atoms with van der Waals surface area (Å²) in [4.78, 5) is 11.1. The van der Waals surface area contributed by atoms with Crippen LogP contribution in [-0.4, -0.2) is 34.3 Å². The predicted octanol–water partition coefficient (Wildman–Crippen LogP) is 1.14. The van der Waals surface area contributed by atoms with Crippen LogP contribution in [0.1, 0.15) is 31.7 Å². The van der Waals surface area contributed by atoms with Crippen molar-refractivity contribution >= 4 is 11.6 Å². The van der Waals surface area contributed by atoms with E-state index >= 15 is 0 Å². The standard InChI is InChI=1S/C13H22N4O/c1-4-11-15-12(14)8(2)13(16-11)17-6-5-10(7-17)9(3)18/h9-10,18H,4-7H2,1-3H3,(H2,14,15,16). The fourth-order valence-corrected chi connectivity index (χ4v) is 2.41. The number of aliphatic hydroxyl groups is 1. The molecule has 0 aromatic carbocycles. The van der Waals surface area contributed by atoms with Gasteiger partial charge in [0.05, 0.1) is 6.10 Å². The van der Waals surface area contributed by atoms with Gasteiger partial charge in [-0.1, -0.05) is 6.92 Å². The molecule has 1 aromatic rings. The lowest BCUT2D eigenvalue weighted by Crippen LogP contribution is -2.26. The van der Waals surface area contributed by atoms with Crippen LogP contribution < -0.4 is 10.6 Å². The van der Waals surface area contributed by atoms with Gasteiger partial charge in [-0.2, -0.15) is 0 Å². The number of anilines is 2. The molecule has 0 amide bonds. The highest BCUT2D eigenvalue weighted by Crippen LogP contribution is 2.28. The van der Waals surface area contributed by atoms with E-state index in [0.717, 1.165) is 43.1 Å². The van der Waals surface area contributed by atoms with E-state index in [2.05, 4.69) is 14.9 Å². The Morgan fingerprint density at radius 2 is 2.22 bits per heavy atom. The van der Waals surface area contributed by atoms with Crippen LogP contribution >= 0.6 is 0 Å². The summed E-state index contributed by atoms with van der Waals surface area (Å²) in [5, 5.41) is 9.66. The van der Waals surface area contributed by atoms with Crippen LogP contribution in [0.4, 0.5) is 11.6 Å². The predicted molar refractivity (Wildman–Crippen MR) is 72.6 cm³/mol. The van der Waals surface area contributed by atoms with Gasteiger partial charge in [0, 0.05) is 31.0 Å². The maximum absolute atomic E-state index is 9.66. The number of aryl methyl sites for hydroxylation is 1. The molecule has 18 heavy (non-hydrogen) atoms. The molecule has 0 bridgehead atoms. The van der Waals surface area contributed by atoms with Gasteiger partial charge in [-0.25, -0.2) is 9.97 Å². The molecule has 100 valence electrons. The lowest BCUT2D eigenvalue weighted by atomic mass is 10.0. The largest absolute Gasteiger partial charge is 0.393 e. The highest BCUT2D eigenvalue weighted by atomic mass is 16.3. The molecule has 0 saturated carbocycles. The lowest BCUT2D eigenvalue weighted by molar-refractivity contribution is 0.136. The molecule has 2 heterocycles. The highest BCUT2D eigenvalue weighted by Gasteiger charge is 2.28. The zero-order valence-electron chi connectivity index (χ0n) is 11.3. The monoisotopic (exact) mass is 250 g/mol. The van der Waals surface area contributed by atoms with Gasteiger partial charge in [0.15, 0.2) is 0 Å². The number of hydrogen-bond acceptors (Lipinski definition) is 5. The number of rotatable bonds is 3. The number of nitrogens with zero attached hydrogens (tertiary/aromatic N) is 3. The van der Waals surface area contributed by atoms with Gasteiger partial charge in [-0.3, -0.25) is 0 Å². The molecule has 3 N–H and O–H groups in total. The van der Waals surface area contributed by atoms with E-state index in [9.17, 15) is 5.11 Å². The first-order valence-electron chi connectivity index (χ1n) is 6.59. The zero-order valence-corrected chi connectivity index (χ0v) is 11.3. The summed E-state index contributed by atoms with van der Waals surface area (Å²) in [5.74, 6) is 2.61. The van der Waals surface area contributed by atoms with Gasteiger partial charge >= 0.3 is 0 Å². The molecular weight excluding hydrogens is 228 g/mol. The van der Waals surface area contributed by atoms with Crippen molar-refractivity contribution in [2.45, 2.75) is 39.7 Å². The summed E-state index contributed by atoms with van der Waals surface area (Å²) in [7, 11) is 0. The minimum absolute atomic E-state index is 0.264. The van der Waals surface area contributed by atoms with E-state index in [1.807, 2.05) is 20.8 Å². The van der Waals surface area contributed by atoms with Gasteiger partial charge in [0.25, 0.3) is 0 Å². The Labute approximate surface area is 108 Å². The lowest BCUT2D eigenvalue weighted by Gasteiger charge is -2.21. The Bertz CT molecular complexity index is 433. The van der Waals surface area contributed by atoms with Gasteiger partial charge in [-0.05, 0) is 20.3 Å². The second kappa shape index (κ2) is 5.10. The number of aliphatic hydroxyl groups excluding tert-OH is 1. The van der Waals surface area contributed by atoms with Crippen molar-refractivity contribution in [3.05, 3.63) is 11.4 Å². The number of nitrogen functional groups attached to an aromatic ring is 1. The van der Waals surface area contributed by atoms with Gasteiger partial charge < -0.3 is 15.7 Å². The average Bonchev–Trinajstić information content (AvgIpc) is 2.82. The fraction of sp³-hybridized carbons (Fsp3) is 0.692. The quantitative estimate of drug-likeness (QED) is 0.841. The van der Waals surface area contributed by atoms with Crippen LogP contribution in [0.2, 0.25) is 0 Å². The zero-order chi connectivity index (χ0) is 13.3. The molecule has 2 rings (SSSR count). The van der Waals surface area contributed by atoms with Crippen LogP contribution in [-0.2, 0) is 6.42 Å². The molecule has 1 aliphatic heterocycles. The third-order valence-electron chi connectivity index (χ3n) is 3.73. The Morgan fingerprint density at radius 3 is 2.78 bits per heavy atom. The maximum atomic E-state index is 9.66. The van der Waals surface area contributed by atoms with Crippen LogP contribution in [0.3, 0.4) is 0 Å². The second-order valence-corrected chi connectivity index (χ2v) is 5.06. The summed E-state index contributed by atoms with van der Waals surface area (Å²) in [6, 6.07) is 0. The van der Waals surface area contributed by atoms with Crippen LogP contribution in [0.5, 0.6) is 0 Å². The van der Waals surface area contributed by atoms with Crippen molar-refractivity contribution in [2.75, 3.05) is 23.7 Å². The molecule has 5 nitrogen and oxygen atoms in total. The Kier molecular flexibility index (Phi) is 3.71. The summed E-state index contributed by atoms with van der Waals surface area (Å²) >= 11 is 0. The highest BCUT2D eigenvalue weighted by molar-refractivity contribution is 5.57. The summed E-state index contributed by atoms with van der Waals surface area (Å²) < 4.78 is 0. The van der Waals surface area contributed by atoms with Gasteiger partial charge in [0.1, 0.15) is 17.5 Å². The third-order valence-corrected chi connectivity index (χ3v) is 3.73. The van der Waals surface area contributed by atoms with Crippen molar-refractivity contribution in [1.29, 1.82) is 0 Å². The first kappa shape index (κ1) is 13.1. The van der Waals surface area contributed by atoms with E-state index in [-0.39, 0.29) is 6.10 Å². The van der Waals surface area contributed by atoms with Crippen molar-refractivity contribution < 1.29 is 5.11 Å². The minimum atomic E-state index is -0.264. The van der Waals surface area contributed by atoms with E-state index < -0.39 is 0 Å². The molecule has 1 saturated heterocycles. The molecule has 1 fully saturated rings. The van der Waals surface area contributed by atoms with Gasteiger partial charge in [-0.15, -0.1) is 0 Å². The summed E-state index contributed by atoms with van der Waals surface area (Å²) in [6.07, 6.45) is 1.52. The summed E-state index contributed by atoms with van der Waals surface area (Å²) in [6.45, 7) is 7.61. The topological polar surface area (TPSA) is 75.3 Å². The molecule has 0 spiro atoms. The van der Waals surface area contributed by atoms with Gasteiger partial charge in [0.2, 0.25) is 0 Å². The molecule has 2 unspecified atom stereocenters. The molecule has 0 radical (unpaired) electrons. The van der Waals surface area contributed by atoms with Crippen LogP contribution in [0.15, 0.2) is 0 Å². The molecular formula is C13H22N4O. The number of nitrogens with two attached hydrogens (primary N) is 1. The molecule has 5 heteroatoms. The maximum Gasteiger partial charge on any atom is 0.137 e. The van der Waals surface area contributed by atoms with Crippen molar-refractivity contribution in [3.8, 4) is 0 Å². The molecule has 1 aliphatic rings. The number of aromatic nitrogens is 2. The van der Waals surface area contributed by atoms with Crippen LogP contribution in [0.25, 0.3) is 0 Å². The van der Waals surface area contributed by atoms with E-state index in [1.165, 1.54) is 0 Å². The van der Waals surface area contributed by atoms with Crippen LogP contribution in [0, 0.1) is 12.8 Å². The number of hydrogen-bond donors (Lipinski definition) is 2. The molecule has 0 aliphatic carbocycles. The summed E-state index contributed by atoms with van der Waals surface area (Å²) in [5.41, 5.74) is 6.87.